The van der Waals surface area contributed by atoms with Gasteiger partial charge in [-0.25, -0.2) is 4.79 Å². The molecule has 1 rings (SSSR count). The predicted octanol–water partition coefficient (Wildman–Crippen LogP) is 0.707. The lowest BCUT2D eigenvalue weighted by Gasteiger charge is -2.39. The number of carbonyl (C=O) groups excluding carboxylic acids is 1. The summed E-state index contributed by atoms with van der Waals surface area (Å²) in [5, 5.41) is 9.18. The zero-order chi connectivity index (χ0) is 12.4. The number of hydrogen-bond acceptors (Lipinski definition) is 4. The summed E-state index contributed by atoms with van der Waals surface area (Å²) in [6.07, 6.45) is 1.19. The van der Waals surface area contributed by atoms with Crippen LogP contribution in [0, 0.1) is 0 Å². The number of aliphatic hydroxyl groups excluding tert-OH is 1. The first kappa shape index (κ1) is 13.3. The Morgan fingerprint density at radius 3 is 2.69 bits per heavy atom. The van der Waals surface area contributed by atoms with Gasteiger partial charge in [0.25, 0.3) is 0 Å². The van der Waals surface area contributed by atoms with Crippen molar-refractivity contribution >= 4 is 6.09 Å². The number of amides is 1. The monoisotopic (exact) mass is 230 g/mol. The second kappa shape index (κ2) is 4.59. The minimum Gasteiger partial charge on any atom is -0.444 e. The highest BCUT2D eigenvalue weighted by molar-refractivity contribution is 5.68. The Morgan fingerprint density at radius 2 is 2.19 bits per heavy atom. The van der Waals surface area contributed by atoms with Gasteiger partial charge in [0, 0.05) is 13.1 Å². The lowest BCUT2D eigenvalue weighted by molar-refractivity contribution is 0.00909. The van der Waals surface area contributed by atoms with Gasteiger partial charge in [0.1, 0.15) is 5.60 Å². The lowest BCUT2D eigenvalue weighted by atomic mass is 9.91. The Balaban J connectivity index is 2.57. The van der Waals surface area contributed by atoms with Crippen LogP contribution in [-0.2, 0) is 4.74 Å². The number of nitrogens with two attached hydrogens (primary N) is 1. The standard InChI is InChI=1S/C11H22N2O3/c1-10(2,3)16-9(15)13-6-4-5-11(12,7-13)8-14/h14H,4-8,12H2,1-3H3/t11-/m1/s1. The zero-order valence-electron chi connectivity index (χ0n) is 10.3. The first-order valence-electron chi connectivity index (χ1n) is 5.63. The maximum atomic E-state index is 11.8. The number of piperidine rings is 1. The molecule has 0 saturated carbocycles. The topological polar surface area (TPSA) is 75.8 Å². The van der Waals surface area contributed by atoms with Crippen LogP contribution in [0.1, 0.15) is 33.6 Å². The Bertz CT molecular complexity index is 262. The molecule has 0 aromatic heterocycles. The molecule has 0 bridgehead atoms. The van der Waals surface area contributed by atoms with Crippen LogP contribution in [-0.4, -0.2) is 46.9 Å². The van der Waals surface area contributed by atoms with E-state index < -0.39 is 11.1 Å². The molecule has 16 heavy (non-hydrogen) atoms. The van der Waals surface area contributed by atoms with Crippen LogP contribution in [0.15, 0.2) is 0 Å². The van der Waals surface area contributed by atoms with Crippen molar-refractivity contribution in [2.45, 2.75) is 44.8 Å². The second-order valence-corrected chi connectivity index (χ2v) is 5.53. The molecule has 3 N–H and O–H groups in total. The van der Waals surface area contributed by atoms with Crippen molar-refractivity contribution in [3.8, 4) is 0 Å². The third-order valence-electron chi connectivity index (χ3n) is 2.58. The Labute approximate surface area is 96.6 Å². The number of nitrogens with zero attached hydrogens (tertiary/aromatic N) is 1. The van der Waals surface area contributed by atoms with Gasteiger partial charge in [-0.1, -0.05) is 0 Å². The van der Waals surface area contributed by atoms with Crippen molar-refractivity contribution in [2.24, 2.45) is 5.73 Å². The van der Waals surface area contributed by atoms with Crippen molar-refractivity contribution < 1.29 is 14.6 Å². The van der Waals surface area contributed by atoms with E-state index in [1.807, 2.05) is 20.8 Å². The first-order chi connectivity index (χ1) is 7.26. The third kappa shape index (κ3) is 3.64. The van der Waals surface area contributed by atoms with Crippen LogP contribution in [0.2, 0.25) is 0 Å². The molecule has 94 valence electrons. The fourth-order valence-electron chi connectivity index (χ4n) is 1.77. The summed E-state index contributed by atoms with van der Waals surface area (Å²) in [7, 11) is 0. The van der Waals surface area contributed by atoms with Crippen molar-refractivity contribution in [1.82, 2.24) is 4.90 Å². The van der Waals surface area contributed by atoms with Gasteiger partial charge >= 0.3 is 6.09 Å². The molecule has 0 unspecified atom stereocenters. The molecule has 5 nitrogen and oxygen atoms in total. The van der Waals surface area contributed by atoms with E-state index in [0.29, 0.717) is 13.1 Å². The molecule has 0 spiro atoms. The number of carbonyl (C=O) groups is 1. The molecule has 1 fully saturated rings. The maximum Gasteiger partial charge on any atom is 0.410 e. The third-order valence-corrected chi connectivity index (χ3v) is 2.58. The van der Waals surface area contributed by atoms with E-state index in [9.17, 15) is 9.90 Å². The number of rotatable bonds is 1. The van der Waals surface area contributed by atoms with Gasteiger partial charge < -0.3 is 20.5 Å². The van der Waals surface area contributed by atoms with Gasteiger partial charge in [-0.3, -0.25) is 0 Å². The van der Waals surface area contributed by atoms with E-state index >= 15 is 0 Å². The Kier molecular flexibility index (Phi) is 3.80. The van der Waals surface area contributed by atoms with Gasteiger partial charge in [0.2, 0.25) is 0 Å². The molecule has 0 aliphatic carbocycles. The lowest BCUT2D eigenvalue weighted by Crippen LogP contribution is -2.58. The number of likely N-dealkylation sites (tertiary alicyclic amines) is 1. The van der Waals surface area contributed by atoms with Gasteiger partial charge in [-0.15, -0.1) is 0 Å². The van der Waals surface area contributed by atoms with Crippen LogP contribution in [0.3, 0.4) is 0 Å². The van der Waals surface area contributed by atoms with Crippen molar-refractivity contribution in [2.75, 3.05) is 19.7 Å². The fourth-order valence-corrected chi connectivity index (χ4v) is 1.77. The van der Waals surface area contributed by atoms with Crippen molar-refractivity contribution in [3.63, 3.8) is 0 Å². The van der Waals surface area contributed by atoms with Gasteiger partial charge in [0.05, 0.1) is 12.1 Å². The summed E-state index contributed by atoms with van der Waals surface area (Å²) < 4.78 is 5.26. The van der Waals surface area contributed by atoms with E-state index in [0.717, 1.165) is 12.8 Å². The smallest absolute Gasteiger partial charge is 0.410 e. The molecule has 1 amide bonds. The zero-order valence-corrected chi connectivity index (χ0v) is 10.3. The molecular formula is C11H22N2O3. The van der Waals surface area contributed by atoms with Crippen LogP contribution in [0.25, 0.3) is 0 Å². The fraction of sp³-hybridized carbons (Fsp3) is 0.909. The average Bonchev–Trinajstić information content (AvgIpc) is 2.15. The van der Waals surface area contributed by atoms with Crippen LogP contribution >= 0.6 is 0 Å². The molecule has 1 saturated heterocycles. The van der Waals surface area contributed by atoms with Gasteiger partial charge in [0.15, 0.2) is 0 Å². The Hall–Kier alpha value is -0.810. The van der Waals surface area contributed by atoms with Crippen LogP contribution < -0.4 is 5.73 Å². The molecular weight excluding hydrogens is 208 g/mol. The van der Waals surface area contributed by atoms with Crippen molar-refractivity contribution in [1.29, 1.82) is 0 Å². The number of hydrogen-bond donors (Lipinski definition) is 2. The summed E-state index contributed by atoms with van der Waals surface area (Å²) in [5.74, 6) is 0. The molecule has 0 radical (unpaired) electrons. The quantitative estimate of drug-likeness (QED) is 0.695. The minimum absolute atomic E-state index is 0.105. The molecule has 0 aromatic carbocycles. The van der Waals surface area contributed by atoms with E-state index in [1.54, 1.807) is 4.90 Å². The highest BCUT2D eigenvalue weighted by Crippen LogP contribution is 2.20. The summed E-state index contributed by atoms with van der Waals surface area (Å²) in [6, 6.07) is 0. The average molecular weight is 230 g/mol. The highest BCUT2D eigenvalue weighted by atomic mass is 16.6. The highest BCUT2D eigenvalue weighted by Gasteiger charge is 2.34. The summed E-state index contributed by atoms with van der Waals surface area (Å²) in [6.45, 7) is 6.39. The normalized spacial score (nSPS) is 26.7. The van der Waals surface area contributed by atoms with Gasteiger partial charge in [-0.05, 0) is 33.6 Å². The van der Waals surface area contributed by atoms with Gasteiger partial charge in [-0.2, -0.15) is 0 Å². The molecule has 1 aliphatic heterocycles. The Morgan fingerprint density at radius 1 is 1.56 bits per heavy atom. The van der Waals surface area contributed by atoms with E-state index in [-0.39, 0.29) is 12.7 Å². The molecule has 1 heterocycles. The van der Waals surface area contributed by atoms with E-state index in [4.69, 9.17) is 10.5 Å². The van der Waals surface area contributed by atoms with Crippen LogP contribution in [0.4, 0.5) is 4.79 Å². The minimum atomic E-state index is -0.671. The van der Waals surface area contributed by atoms with E-state index in [1.165, 1.54) is 0 Å². The summed E-state index contributed by atoms with van der Waals surface area (Å²) >= 11 is 0. The maximum absolute atomic E-state index is 11.8. The SMILES string of the molecule is CC(C)(C)OC(=O)N1CCC[C@](N)(CO)C1. The summed E-state index contributed by atoms with van der Waals surface area (Å²) in [4.78, 5) is 13.4. The number of aliphatic hydroxyl groups is 1. The van der Waals surface area contributed by atoms with Crippen molar-refractivity contribution in [3.05, 3.63) is 0 Å². The largest absolute Gasteiger partial charge is 0.444 e. The molecule has 1 atom stereocenters. The van der Waals surface area contributed by atoms with Crippen LogP contribution in [0.5, 0.6) is 0 Å². The molecule has 5 heteroatoms. The molecule has 1 aliphatic rings. The first-order valence-corrected chi connectivity index (χ1v) is 5.63. The summed E-state index contributed by atoms with van der Waals surface area (Å²) in [5.41, 5.74) is 4.78. The number of ether oxygens (including phenoxy) is 1. The molecule has 0 aromatic rings. The second-order valence-electron chi connectivity index (χ2n) is 5.53. The van der Waals surface area contributed by atoms with E-state index in [2.05, 4.69) is 0 Å². The predicted molar refractivity (Wildman–Crippen MR) is 61.0 cm³/mol.